The van der Waals surface area contributed by atoms with Crippen LogP contribution in [-0.2, 0) is 0 Å². The van der Waals surface area contributed by atoms with Crippen LogP contribution in [0, 0.1) is 5.92 Å². The van der Waals surface area contributed by atoms with Crippen LogP contribution in [-0.4, -0.2) is 62.2 Å². The Bertz CT molecular complexity index is 207. The van der Waals surface area contributed by atoms with Gasteiger partial charge in [-0.25, -0.2) is 0 Å². The molecule has 0 aromatic rings. The van der Waals surface area contributed by atoms with Crippen molar-refractivity contribution in [3.8, 4) is 0 Å². The topological polar surface area (TPSA) is 18.5 Å². The molecule has 2 aliphatic rings. The zero-order valence-electron chi connectivity index (χ0n) is 10.9. The lowest BCUT2D eigenvalue weighted by Crippen LogP contribution is -2.45. The second-order valence-corrected chi connectivity index (χ2v) is 5.56. The van der Waals surface area contributed by atoms with Crippen LogP contribution in [0.5, 0.6) is 0 Å². The van der Waals surface area contributed by atoms with E-state index in [0.717, 1.165) is 12.0 Å². The molecular weight excluding hydrogens is 198 g/mol. The minimum Gasteiger partial charge on any atom is -0.312 e. The zero-order chi connectivity index (χ0) is 11.4. The Morgan fingerprint density at radius 1 is 1.19 bits per heavy atom. The summed E-state index contributed by atoms with van der Waals surface area (Å²) in [5, 5.41) is 3.77. The smallest absolute Gasteiger partial charge is 0.0195 e. The largest absolute Gasteiger partial charge is 0.312 e. The van der Waals surface area contributed by atoms with E-state index in [9.17, 15) is 0 Å². The van der Waals surface area contributed by atoms with Gasteiger partial charge in [-0.15, -0.1) is 0 Å². The van der Waals surface area contributed by atoms with Gasteiger partial charge in [0.15, 0.2) is 0 Å². The van der Waals surface area contributed by atoms with Gasteiger partial charge in [0, 0.05) is 19.1 Å². The van der Waals surface area contributed by atoms with Gasteiger partial charge in [-0.05, 0) is 58.4 Å². The average Bonchev–Trinajstić information content (AvgIpc) is 2.74. The number of nitrogens with one attached hydrogen (secondary N) is 1. The summed E-state index contributed by atoms with van der Waals surface area (Å²) in [4.78, 5) is 5.02. The summed E-state index contributed by atoms with van der Waals surface area (Å²) in [5.74, 6) is 0.896. The molecule has 0 radical (unpaired) electrons. The summed E-state index contributed by atoms with van der Waals surface area (Å²) < 4.78 is 0. The second-order valence-electron chi connectivity index (χ2n) is 5.56. The van der Waals surface area contributed by atoms with Crippen LogP contribution >= 0.6 is 0 Å². The van der Waals surface area contributed by atoms with Gasteiger partial charge in [-0.2, -0.15) is 0 Å². The van der Waals surface area contributed by atoms with Crippen molar-refractivity contribution < 1.29 is 0 Å². The Labute approximate surface area is 100 Å². The van der Waals surface area contributed by atoms with E-state index in [-0.39, 0.29) is 0 Å². The summed E-state index contributed by atoms with van der Waals surface area (Å²) in [6, 6.07) is 0.745. The van der Waals surface area contributed by atoms with Crippen molar-refractivity contribution in [2.45, 2.75) is 32.2 Å². The summed E-state index contributed by atoms with van der Waals surface area (Å²) in [6.07, 6.45) is 4.12. The Morgan fingerprint density at radius 2 is 2.06 bits per heavy atom. The van der Waals surface area contributed by atoms with Gasteiger partial charge in [0.05, 0.1) is 0 Å². The number of nitrogens with zero attached hydrogens (tertiary/aromatic N) is 2. The summed E-state index contributed by atoms with van der Waals surface area (Å²) >= 11 is 0. The Kier molecular flexibility index (Phi) is 4.62. The van der Waals surface area contributed by atoms with Gasteiger partial charge >= 0.3 is 0 Å². The van der Waals surface area contributed by atoms with Gasteiger partial charge in [-0.1, -0.05) is 6.92 Å². The highest BCUT2D eigenvalue weighted by atomic mass is 15.2. The standard InChI is InChI=1S/C13H27N3/c1-3-16-8-6-12(10-16)9-14-13-5-4-7-15(2)11-13/h12-14H,3-11H2,1-2H3. The molecule has 0 aromatic heterocycles. The van der Waals surface area contributed by atoms with Crippen molar-refractivity contribution in [3.05, 3.63) is 0 Å². The molecule has 2 unspecified atom stereocenters. The molecule has 0 bridgehead atoms. The predicted octanol–water partition coefficient (Wildman–Crippen LogP) is 1.01. The first-order valence-corrected chi connectivity index (χ1v) is 6.92. The molecule has 2 heterocycles. The maximum Gasteiger partial charge on any atom is 0.0195 e. The van der Waals surface area contributed by atoms with Crippen molar-refractivity contribution >= 4 is 0 Å². The predicted molar refractivity (Wildman–Crippen MR) is 68.7 cm³/mol. The number of rotatable bonds is 4. The minimum absolute atomic E-state index is 0.745. The molecule has 0 aliphatic carbocycles. The molecule has 2 rings (SSSR count). The van der Waals surface area contributed by atoms with E-state index >= 15 is 0 Å². The van der Waals surface area contributed by atoms with Gasteiger partial charge in [0.25, 0.3) is 0 Å². The molecule has 2 saturated heterocycles. The Morgan fingerprint density at radius 3 is 2.75 bits per heavy atom. The molecular formula is C13H27N3. The molecule has 16 heavy (non-hydrogen) atoms. The fourth-order valence-electron chi connectivity index (χ4n) is 3.03. The lowest BCUT2D eigenvalue weighted by Gasteiger charge is -2.31. The van der Waals surface area contributed by atoms with Crippen LogP contribution in [0.2, 0.25) is 0 Å². The summed E-state index contributed by atoms with van der Waals surface area (Å²) in [7, 11) is 2.24. The van der Waals surface area contributed by atoms with Crippen LogP contribution in [0.4, 0.5) is 0 Å². The van der Waals surface area contributed by atoms with E-state index in [4.69, 9.17) is 0 Å². The fourth-order valence-corrected chi connectivity index (χ4v) is 3.03. The van der Waals surface area contributed by atoms with Crippen molar-refractivity contribution in [3.63, 3.8) is 0 Å². The van der Waals surface area contributed by atoms with E-state index in [1.807, 2.05) is 0 Å². The van der Waals surface area contributed by atoms with Crippen molar-refractivity contribution in [1.29, 1.82) is 0 Å². The fraction of sp³-hybridized carbons (Fsp3) is 1.00. The van der Waals surface area contributed by atoms with Crippen molar-refractivity contribution in [2.75, 3.05) is 46.3 Å². The first-order chi connectivity index (χ1) is 7.78. The lowest BCUT2D eigenvalue weighted by atomic mass is 10.0. The molecule has 3 nitrogen and oxygen atoms in total. The van der Waals surface area contributed by atoms with Gasteiger partial charge in [0.1, 0.15) is 0 Å². The lowest BCUT2D eigenvalue weighted by molar-refractivity contribution is 0.221. The number of hydrogen-bond donors (Lipinski definition) is 1. The first-order valence-electron chi connectivity index (χ1n) is 6.92. The minimum atomic E-state index is 0.745. The highest BCUT2D eigenvalue weighted by Gasteiger charge is 2.23. The highest BCUT2D eigenvalue weighted by molar-refractivity contribution is 4.81. The summed E-state index contributed by atoms with van der Waals surface area (Å²) in [6.45, 7) is 9.87. The van der Waals surface area contributed by atoms with Crippen LogP contribution in [0.15, 0.2) is 0 Å². The zero-order valence-corrected chi connectivity index (χ0v) is 10.9. The molecule has 0 spiro atoms. The second kappa shape index (κ2) is 5.99. The molecule has 0 amide bonds. The number of hydrogen-bond acceptors (Lipinski definition) is 3. The normalized spacial score (nSPS) is 33.4. The third kappa shape index (κ3) is 3.44. The molecule has 2 fully saturated rings. The molecule has 94 valence electrons. The van der Waals surface area contributed by atoms with Gasteiger partial charge in [-0.3, -0.25) is 0 Å². The molecule has 2 aliphatic heterocycles. The molecule has 0 saturated carbocycles. The molecule has 2 atom stereocenters. The number of likely N-dealkylation sites (tertiary alicyclic amines) is 2. The Hall–Kier alpha value is -0.120. The summed E-state index contributed by atoms with van der Waals surface area (Å²) in [5.41, 5.74) is 0. The van der Waals surface area contributed by atoms with E-state index in [0.29, 0.717) is 0 Å². The number of likely N-dealkylation sites (N-methyl/N-ethyl adjacent to an activating group) is 1. The Balaban J connectivity index is 1.64. The van der Waals surface area contributed by atoms with E-state index in [2.05, 4.69) is 29.1 Å². The SMILES string of the molecule is CCN1CCC(CNC2CCCN(C)C2)C1. The third-order valence-corrected chi connectivity index (χ3v) is 4.14. The maximum absolute atomic E-state index is 3.77. The van der Waals surface area contributed by atoms with Crippen molar-refractivity contribution in [1.82, 2.24) is 15.1 Å². The highest BCUT2D eigenvalue weighted by Crippen LogP contribution is 2.15. The van der Waals surface area contributed by atoms with E-state index in [1.54, 1.807) is 0 Å². The first kappa shape index (κ1) is 12.3. The quantitative estimate of drug-likeness (QED) is 0.770. The van der Waals surface area contributed by atoms with E-state index < -0.39 is 0 Å². The van der Waals surface area contributed by atoms with Crippen LogP contribution in [0.3, 0.4) is 0 Å². The van der Waals surface area contributed by atoms with E-state index in [1.165, 1.54) is 58.5 Å². The van der Waals surface area contributed by atoms with Crippen LogP contribution < -0.4 is 5.32 Å². The monoisotopic (exact) mass is 225 g/mol. The molecule has 1 N–H and O–H groups in total. The van der Waals surface area contributed by atoms with Crippen molar-refractivity contribution in [2.24, 2.45) is 5.92 Å². The third-order valence-electron chi connectivity index (χ3n) is 4.14. The maximum atomic E-state index is 3.77. The average molecular weight is 225 g/mol. The van der Waals surface area contributed by atoms with Crippen LogP contribution in [0.25, 0.3) is 0 Å². The number of piperidine rings is 1. The molecule has 3 heteroatoms. The van der Waals surface area contributed by atoms with Gasteiger partial charge < -0.3 is 15.1 Å². The van der Waals surface area contributed by atoms with Gasteiger partial charge in [0.2, 0.25) is 0 Å². The molecule has 0 aromatic carbocycles. The van der Waals surface area contributed by atoms with Crippen LogP contribution in [0.1, 0.15) is 26.2 Å².